The minimum absolute atomic E-state index is 0.127. The van der Waals surface area contributed by atoms with Crippen LogP contribution in [0, 0.1) is 3.57 Å². The fraction of sp³-hybridized carbons (Fsp3) is 0.214. The van der Waals surface area contributed by atoms with Crippen molar-refractivity contribution in [1.29, 1.82) is 0 Å². The van der Waals surface area contributed by atoms with Gasteiger partial charge in [-0.25, -0.2) is 4.98 Å². The molecule has 1 aromatic heterocycles. The first-order valence-electron chi connectivity index (χ1n) is 6.28. The van der Waals surface area contributed by atoms with Gasteiger partial charge in [-0.15, -0.1) is 11.3 Å². The van der Waals surface area contributed by atoms with Gasteiger partial charge < -0.3 is 5.11 Å². The van der Waals surface area contributed by atoms with E-state index in [-0.39, 0.29) is 12.3 Å². The molecule has 0 aliphatic heterocycles. The molecule has 0 atom stereocenters. The zero-order valence-electron chi connectivity index (χ0n) is 11.0. The number of nitrogens with one attached hydrogen (secondary N) is 1. The van der Waals surface area contributed by atoms with E-state index in [4.69, 9.17) is 5.11 Å². The van der Waals surface area contributed by atoms with Crippen molar-refractivity contribution in [2.75, 3.05) is 5.32 Å². The molecule has 0 radical (unpaired) electrons. The minimum Gasteiger partial charge on any atom is -0.481 e. The summed E-state index contributed by atoms with van der Waals surface area (Å²) in [5.41, 5.74) is 1.39. The van der Waals surface area contributed by atoms with Crippen molar-refractivity contribution in [2.45, 2.75) is 19.3 Å². The average Bonchev–Trinajstić information content (AvgIpc) is 2.86. The highest BCUT2D eigenvalue weighted by Gasteiger charge is 2.09. The molecule has 0 spiro atoms. The summed E-state index contributed by atoms with van der Waals surface area (Å²) in [6.45, 7) is 0. The number of halogens is 1. The summed E-state index contributed by atoms with van der Waals surface area (Å²) < 4.78 is 0.994. The lowest BCUT2D eigenvalue weighted by Gasteiger charge is -2.02. The third-order valence-electron chi connectivity index (χ3n) is 2.68. The number of aliphatic carboxylic acids is 1. The van der Waals surface area contributed by atoms with E-state index in [1.54, 1.807) is 12.1 Å². The lowest BCUT2D eigenvalue weighted by molar-refractivity contribution is -0.137. The molecule has 2 N–H and O–H groups in total. The lowest BCUT2D eigenvalue weighted by Crippen LogP contribution is -2.11. The van der Waals surface area contributed by atoms with Crippen molar-refractivity contribution in [3.8, 4) is 0 Å². The summed E-state index contributed by atoms with van der Waals surface area (Å²) in [6.07, 6.45) is 1.27. The second-order valence-corrected chi connectivity index (χ2v) is 6.46. The summed E-state index contributed by atoms with van der Waals surface area (Å²) in [7, 11) is 0. The molecule has 0 fully saturated rings. The van der Waals surface area contributed by atoms with Crippen LogP contribution in [0.5, 0.6) is 0 Å². The van der Waals surface area contributed by atoms with E-state index in [0.717, 1.165) is 9.26 Å². The predicted octanol–water partition coefficient (Wildman–Crippen LogP) is 3.41. The first-order chi connectivity index (χ1) is 10.0. The number of rotatable bonds is 6. The van der Waals surface area contributed by atoms with Crippen LogP contribution in [0.15, 0.2) is 29.6 Å². The number of anilines is 1. The number of carboxylic acid groups (broad SMARTS) is 1. The van der Waals surface area contributed by atoms with Gasteiger partial charge in [-0.05, 0) is 53.6 Å². The van der Waals surface area contributed by atoms with Crippen molar-refractivity contribution >= 4 is 50.9 Å². The number of aryl methyl sites for hydroxylation is 1. The molecule has 0 saturated carbocycles. The first-order valence-corrected chi connectivity index (χ1v) is 8.23. The second kappa shape index (κ2) is 7.51. The third-order valence-corrected chi connectivity index (χ3v) is 4.16. The number of thiazole rings is 1. The number of hydrogen-bond donors (Lipinski definition) is 2. The number of hydrogen-bond acceptors (Lipinski definition) is 4. The van der Waals surface area contributed by atoms with E-state index in [0.29, 0.717) is 23.5 Å². The summed E-state index contributed by atoms with van der Waals surface area (Å²) in [5, 5.41) is 13.7. The largest absolute Gasteiger partial charge is 0.481 e. The van der Waals surface area contributed by atoms with Crippen LogP contribution < -0.4 is 5.32 Å². The van der Waals surface area contributed by atoms with Gasteiger partial charge in [0.1, 0.15) is 0 Å². The Kier molecular flexibility index (Phi) is 5.68. The molecule has 110 valence electrons. The number of carbonyl (C=O) groups excluding carboxylic acids is 1. The quantitative estimate of drug-likeness (QED) is 0.708. The minimum atomic E-state index is -0.808. The normalized spacial score (nSPS) is 10.3. The van der Waals surface area contributed by atoms with Crippen molar-refractivity contribution in [3.63, 3.8) is 0 Å². The molecule has 0 aliphatic rings. The predicted molar refractivity (Wildman–Crippen MR) is 89.8 cm³/mol. The summed E-state index contributed by atoms with van der Waals surface area (Å²) >= 11 is 3.50. The molecule has 1 aromatic carbocycles. The molecule has 21 heavy (non-hydrogen) atoms. The van der Waals surface area contributed by atoms with Crippen molar-refractivity contribution in [1.82, 2.24) is 4.98 Å². The van der Waals surface area contributed by atoms with Crippen LogP contribution in [0.25, 0.3) is 0 Å². The first kappa shape index (κ1) is 15.9. The van der Waals surface area contributed by atoms with E-state index >= 15 is 0 Å². The zero-order chi connectivity index (χ0) is 15.2. The maximum absolute atomic E-state index is 12.1. The molecule has 0 aliphatic carbocycles. The summed E-state index contributed by atoms with van der Waals surface area (Å²) in [4.78, 5) is 26.8. The number of benzene rings is 1. The van der Waals surface area contributed by atoms with Crippen molar-refractivity contribution < 1.29 is 14.7 Å². The van der Waals surface area contributed by atoms with Crippen LogP contribution in [0.2, 0.25) is 0 Å². The topological polar surface area (TPSA) is 79.3 Å². The fourth-order valence-electron chi connectivity index (χ4n) is 1.70. The smallest absolute Gasteiger partial charge is 0.303 e. The van der Waals surface area contributed by atoms with Gasteiger partial charge in [0.05, 0.1) is 5.69 Å². The van der Waals surface area contributed by atoms with Gasteiger partial charge in [0.25, 0.3) is 5.91 Å². The highest BCUT2D eigenvalue weighted by Crippen LogP contribution is 2.18. The molecule has 2 aromatic rings. The van der Waals surface area contributed by atoms with E-state index in [1.165, 1.54) is 11.3 Å². The van der Waals surface area contributed by atoms with Gasteiger partial charge in [0, 0.05) is 20.9 Å². The molecule has 1 heterocycles. The Balaban J connectivity index is 1.93. The second-order valence-electron chi connectivity index (χ2n) is 4.36. The third kappa shape index (κ3) is 5.09. The molecule has 2 rings (SSSR count). The van der Waals surface area contributed by atoms with Gasteiger partial charge in [0.15, 0.2) is 5.13 Å². The van der Waals surface area contributed by atoms with Crippen LogP contribution in [0.1, 0.15) is 28.9 Å². The molecule has 7 heteroatoms. The number of amides is 1. The maximum atomic E-state index is 12.1. The molecule has 0 bridgehead atoms. The van der Waals surface area contributed by atoms with E-state index in [1.807, 2.05) is 17.5 Å². The van der Waals surface area contributed by atoms with E-state index in [9.17, 15) is 9.59 Å². The molecule has 0 saturated heterocycles. The number of carbonyl (C=O) groups is 2. The van der Waals surface area contributed by atoms with Gasteiger partial charge in [0.2, 0.25) is 0 Å². The SMILES string of the molecule is O=C(O)CCCc1csc(NC(=O)c2cccc(I)c2)n1. The van der Waals surface area contributed by atoms with Gasteiger partial charge in [-0.3, -0.25) is 14.9 Å². The zero-order valence-corrected chi connectivity index (χ0v) is 14.0. The van der Waals surface area contributed by atoms with Gasteiger partial charge in [-0.2, -0.15) is 0 Å². The average molecular weight is 416 g/mol. The summed E-state index contributed by atoms with van der Waals surface area (Å²) in [5.74, 6) is -1.00. The van der Waals surface area contributed by atoms with Crippen molar-refractivity contribution in [3.05, 3.63) is 44.5 Å². The number of aromatic nitrogens is 1. The van der Waals surface area contributed by atoms with Crippen LogP contribution >= 0.6 is 33.9 Å². The Morgan fingerprint density at radius 2 is 2.19 bits per heavy atom. The Labute approximate surface area is 139 Å². The van der Waals surface area contributed by atoms with Crippen LogP contribution in [0.4, 0.5) is 5.13 Å². The molecule has 5 nitrogen and oxygen atoms in total. The highest BCUT2D eigenvalue weighted by atomic mass is 127. The molecular weight excluding hydrogens is 403 g/mol. The van der Waals surface area contributed by atoms with Gasteiger partial charge >= 0.3 is 5.97 Å². The fourth-order valence-corrected chi connectivity index (χ4v) is 2.98. The Hall–Kier alpha value is -1.48. The van der Waals surface area contributed by atoms with Crippen molar-refractivity contribution in [2.24, 2.45) is 0 Å². The van der Waals surface area contributed by atoms with Gasteiger partial charge in [-0.1, -0.05) is 6.07 Å². The maximum Gasteiger partial charge on any atom is 0.303 e. The van der Waals surface area contributed by atoms with E-state index in [2.05, 4.69) is 32.9 Å². The molecule has 0 unspecified atom stereocenters. The number of nitrogens with zero attached hydrogens (tertiary/aromatic N) is 1. The highest BCUT2D eigenvalue weighted by molar-refractivity contribution is 14.1. The van der Waals surface area contributed by atoms with Crippen LogP contribution in [-0.2, 0) is 11.2 Å². The standard InChI is InChI=1S/C14H13IN2O3S/c15-10-4-1-3-9(7-10)13(20)17-14-16-11(8-21-14)5-2-6-12(18)19/h1,3-4,7-8H,2,5-6H2,(H,18,19)(H,16,17,20). The monoisotopic (exact) mass is 416 g/mol. The van der Waals surface area contributed by atoms with Crippen LogP contribution in [-0.4, -0.2) is 22.0 Å². The number of carboxylic acids is 1. The van der Waals surface area contributed by atoms with E-state index < -0.39 is 5.97 Å². The lowest BCUT2D eigenvalue weighted by atomic mass is 10.2. The Bertz CT molecular complexity index is 657. The molecular formula is C14H13IN2O3S. The summed E-state index contributed by atoms with van der Waals surface area (Å²) in [6, 6.07) is 7.30. The Morgan fingerprint density at radius 3 is 2.90 bits per heavy atom. The molecule has 1 amide bonds. The van der Waals surface area contributed by atoms with Crippen LogP contribution in [0.3, 0.4) is 0 Å². The Morgan fingerprint density at radius 1 is 1.38 bits per heavy atom.